The fraction of sp³-hybridized carbons (Fsp3) is 0.533. The smallest absolute Gasteiger partial charge is 0.223 e. The second-order valence-electron chi connectivity index (χ2n) is 5.17. The van der Waals surface area contributed by atoms with Crippen LogP contribution in [0.2, 0.25) is 0 Å². The molecule has 1 unspecified atom stereocenters. The molecule has 0 bridgehead atoms. The van der Waals surface area contributed by atoms with Crippen LogP contribution in [0.3, 0.4) is 0 Å². The van der Waals surface area contributed by atoms with Crippen LogP contribution < -0.4 is 10.5 Å². The zero-order chi connectivity index (χ0) is 14.4. The third-order valence-electron chi connectivity index (χ3n) is 2.81. The Hall–Kier alpha value is -1.55. The van der Waals surface area contributed by atoms with Crippen LogP contribution >= 0.6 is 0 Å². The van der Waals surface area contributed by atoms with Crippen molar-refractivity contribution in [3.63, 3.8) is 0 Å². The second kappa shape index (κ2) is 7.14. The molecule has 1 aromatic rings. The summed E-state index contributed by atoms with van der Waals surface area (Å²) in [6.45, 7) is 6.97. The fourth-order valence-corrected chi connectivity index (χ4v) is 1.87. The highest BCUT2D eigenvalue weighted by Gasteiger charge is 2.10. The maximum absolute atomic E-state index is 11.7. The van der Waals surface area contributed by atoms with Gasteiger partial charge in [0.1, 0.15) is 12.4 Å². The number of ether oxygens (including phenoxy) is 1. The Kier molecular flexibility index (Phi) is 5.83. The van der Waals surface area contributed by atoms with Crippen molar-refractivity contribution < 1.29 is 9.53 Å². The highest BCUT2D eigenvalue weighted by molar-refractivity contribution is 5.76. The summed E-state index contributed by atoms with van der Waals surface area (Å²) in [5, 5.41) is 0. The molecule has 0 radical (unpaired) electrons. The number of nitrogens with zero attached hydrogens (tertiary/aromatic N) is 1. The summed E-state index contributed by atoms with van der Waals surface area (Å²) in [7, 11) is 1.77. The van der Waals surface area contributed by atoms with Crippen LogP contribution in [0.4, 0.5) is 0 Å². The number of amides is 1. The van der Waals surface area contributed by atoms with E-state index in [-0.39, 0.29) is 11.9 Å². The highest BCUT2D eigenvalue weighted by Crippen LogP contribution is 2.16. The number of carbonyl (C=O) groups excluding carboxylic acids is 1. The summed E-state index contributed by atoms with van der Waals surface area (Å²) in [6.07, 6.45) is 0.375. The number of likely N-dealkylation sites (N-methyl/N-ethyl adjacent to an activating group) is 1. The van der Waals surface area contributed by atoms with Gasteiger partial charge in [-0.15, -0.1) is 0 Å². The van der Waals surface area contributed by atoms with E-state index in [1.54, 1.807) is 11.9 Å². The molecule has 4 heteroatoms. The van der Waals surface area contributed by atoms with Crippen LogP contribution in [0.5, 0.6) is 5.75 Å². The van der Waals surface area contributed by atoms with Crippen LogP contribution in [-0.4, -0.2) is 37.0 Å². The number of aryl methyl sites for hydroxylation is 2. The third-order valence-corrected chi connectivity index (χ3v) is 2.81. The van der Waals surface area contributed by atoms with Crippen molar-refractivity contribution in [2.75, 3.05) is 20.2 Å². The summed E-state index contributed by atoms with van der Waals surface area (Å²) in [5.74, 6) is 0.907. The average Bonchev–Trinajstić information content (AvgIpc) is 2.26. The lowest BCUT2D eigenvalue weighted by molar-refractivity contribution is -0.130. The van der Waals surface area contributed by atoms with Gasteiger partial charge in [-0.3, -0.25) is 4.79 Å². The maximum Gasteiger partial charge on any atom is 0.223 e. The molecule has 19 heavy (non-hydrogen) atoms. The van der Waals surface area contributed by atoms with Gasteiger partial charge in [0.05, 0.1) is 6.54 Å². The van der Waals surface area contributed by atoms with E-state index in [9.17, 15) is 4.79 Å². The molecular formula is C15H24N2O2. The Morgan fingerprint density at radius 3 is 2.42 bits per heavy atom. The molecule has 0 aromatic heterocycles. The van der Waals surface area contributed by atoms with E-state index >= 15 is 0 Å². The average molecular weight is 264 g/mol. The Morgan fingerprint density at radius 1 is 1.32 bits per heavy atom. The summed E-state index contributed by atoms with van der Waals surface area (Å²) < 4.78 is 5.67. The van der Waals surface area contributed by atoms with E-state index in [2.05, 4.69) is 6.07 Å². The van der Waals surface area contributed by atoms with Gasteiger partial charge in [0.25, 0.3) is 0 Å². The zero-order valence-corrected chi connectivity index (χ0v) is 12.3. The van der Waals surface area contributed by atoms with E-state index in [0.717, 1.165) is 5.75 Å². The fourth-order valence-electron chi connectivity index (χ4n) is 1.87. The largest absolute Gasteiger partial charge is 0.492 e. The molecule has 1 amide bonds. The predicted octanol–water partition coefficient (Wildman–Crippen LogP) is 1.88. The van der Waals surface area contributed by atoms with Crippen LogP contribution in [0.15, 0.2) is 18.2 Å². The van der Waals surface area contributed by atoms with E-state index in [1.165, 1.54) is 11.1 Å². The first kappa shape index (κ1) is 15.5. The molecule has 0 spiro atoms. The van der Waals surface area contributed by atoms with E-state index in [0.29, 0.717) is 19.6 Å². The minimum Gasteiger partial charge on any atom is -0.492 e. The van der Waals surface area contributed by atoms with Gasteiger partial charge in [-0.05, 0) is 44.0 Å². The molecule has 106 valence electrons. The number of hydrogen-bond donors (Lipinski definition) is 1. The molecule has 1 atom stereocenters. The zero-order valence-electron chi connectivity index (χ0n) is 12.3. The molecule has 0 saturated carbocycles. The molecule has 4 nitrogen and oxygen atoms in total. The Bertz CT molecular complexity index is 410. The lowest BCUT2D eigenvalue weighted by Gasteiger charge is -2.18. The van der Waals surface area contributed by atoms with Crippen LogP contribution in [0.1, 0.15) is 24.5 Å². The van der Waals surface area contributed by atoms with Gasteiger partial charge in [0.15, 0.2) is 0 Å². The van der Waals surface area contributed by atoms with Gasteiger partial charge >= 0.3 is 0 Å². The van der Waals surface area contributed by atoms with Crippen molar-refractivity contribution in [2.45, 2.75) is 33.2 Å². The molecule has 1 aromatic carbocycles. The van der Waals surface area contributed by atoms with Crippen LogP contribution in [-0.2, 0) is 4.79 Å². The number of nitrogens with two attached hydrogens (primary N) is 1. The molecule has 2 N–H and O–H groups in total. The lowest BCUT2D eigenvalue weighted by atomic mass is 10.1. The summed E-state index contributed by atoms with van der Waals surface area (Å²) in [6, 6.07) is 5.99. The lowest BCUT2D eigenvalue weighted by Crippen LogP contribution is -2.34. The van der Waals surface area contributed by atoms with Gasteiger partial charge in [0.2, 0.25) is 5.91 Å². The quantitative estimate of drug-likeness (QED) is 0.853. The van der Waals surface area contributed by atoms with Crippen molar-refractivity contribution in [1.82, 2.24) is 4.90 Å². The van der Waals surface area contributed by atoms with E-state index < -0.39 is 0 Å². The van der Waals surface area contributed by atoms with E-state index in [4.69, 9.17) is 10.5 Å². The summed E-state index contributed by atoms with van der Waals surface area (Å²) >= 11 is 0. The topological polar surface area (TPSA) is 55.6 Å². The molecule has 0 fully saturated rings. The molecule has 1 rings (SSSR count). The second-order valence-corrected chi connectivity index (χ2v) is 5.17. The molecule has 0 heterocycles. The summed E-state index contributed by atoms with van der Waals surface area (Å²) in [4.78, 5) is 13.4. The molecule has 0 aliphatic carbocycles. The SMILES string of the molecule is Cc1cc(C)cc(OCCN(C)C(=O)CC(C)N)c1. The van der Waals surface area contributed by atoms with Crippen molar-refractivity contribution in [2.24, 2.45) is 5.73 Å². The number of benzene rings is 1. The van der Waals surface area contributed by atoms with E-state index in [1.807, 2.05) is 32.9 Å². The third kappa shape index (κ3) is 5.75. The van der Waals surface area contributed by atoms with Gasteiger partial charge in [-0.25, -0.2) is 0 Å². The van der Waals surface area contributed by atoms with Gasteiger partial charge in [0, 0.05) is 19.5 Å². The molecule has 0 aliphatic heterocycles. The Balaban J connectivity index is 2.39. The normalized spacial score (nSPS) is 12.1. The van der Waals surface area contributed by atoms with Crippen LogP contribution in [0.25, 0.3) is 0 Å². The van der Waals surface area contributed by atoms with Gasteiger partial charge in [-0.2, -0.15) is 0 Å². The number of carbonyl (C=O) groups is 1. The summed E-state index contributed by atoms with van der Waals surface area (Å²) in [5.41, 5.74) is 7.96. The number of hydrogen-bond acceptors (Lipinski definition) is 3. The first-order valence-electron chi connectivity index (χ1n) is 6.59. The molecule has 0 saturated heterocycles. The Labute approximate surface area is 115 Å². The van der Waals surface area contributed by atoms with Crippen molar-refractivity contribution >= 4 is 5.91 Å². The first-order chi connectivity index (χ1) is 8.88. The van der Waals surface area contributed by atoms with Crippen molar-refractivity contribution in [1.29, 1.82) is 0 Å². The van der Waals surface area contributed by atoms with Crippen molar-refractivity contribution in [3.8, 4) is 5.75 Å². The predicted molar refractivity (Wildman–Crippen MR) is 77.3 cm³/mol. The monoisotopic (exact) mass is 264 g/mol. The van der Waals surface area contributed by atoms with Crippen molar-refractivity contribution in [3.05, 3.63) is 29.3 Å². The van der Waals surface area contributed by atoms with Gasteiger partial charge in [-0.1, -0.05) is 6.07 Å². The Morgan fingerprint density at radius 2 is 1.89 bits per heavy atom. The minimum absolute atomic E-state index is 0.0547. The number of rotatable bonds is 6. The van der Waals surface area contributed by atoms with Crippen LogP contribution in [0, 0.1) is 13.8 Å². The maximum atomic E-state index is 11.7. The molecule has 0 aliphatic rings. The highest BCUT2D eigenvalue weighted by atomic mass is 16.5. The first-order valence-corrected chi connectivity index (χ1v) is 6.59. The van der Waals surface area contributed by atoms with Gasteiger partial charge < -0.3 is 15.4 Å². The molecular weight excluding hydrogens is 240 g/mol. The minimum atomic E-state index is -0.102. The standard InChI is InChI=1S/C15H24N2O2/c1-11-7-12(2)9-14(8-11)19-6-5-17(4)15(18)10-13(3)16/h7-9,13H,5-6,10,16H2,1-4H3.